The molecule has 4 nitrogen and oxygen atoms in total. The first-order chi connectivity index (χ1) is 8.69. The SMILES string of the molecule is CCCC(O)c1nnc(Nc2cccc(Cl)c2)s1. The van der Waals surface area contributed by atoms with Crippen LogP contribution in [0.1, 0.15) is 30.9 Å². The van der Waals surface area contributed by atoms with Crippen LogP contribution in [0.5, 0.6) is 0 Å². The molecule has 2 aromatic rings. The molecule has 0 spiro atoms. The van der Waals surface area contributed by atoms with Crippen molar-refractivity contribution in [1.82, 2.24) is 10.2 Å². The van der Waals surface area contributed by atoms with E-state index in [0.29, 0.717) is 21.6 Å². The molecule has 0 aliphatic carbocycles. The standard InChI is InChI=1S/C12H14ClN3OS/c1-2-4-10(17)11-15-16-12(18-11)14-9-6-3-5-8(13)7-9/h3,5-7,10,17H,2,4H2,1H3,(H,14,16). The first-order valence-corrected chi connectivity index (χ1v) is 6.92. The molecular formula is C12H14ClN3OS. The lowest BCUT2D eigenvalue weighted by Gasteiger charge is -2.03. The van der Waals surface area contributed by atoms with E-state index < -0.39 is 6.10 Å². The zero-order valence-corrected chi connectivity index (χ0v) is 11.5. The van der Waals surface area contributed by atoms with Crippen LogP contribution in [0.4, 0.5) is 10.8 Å². The number of nitrogens with one attached hydrogen (secondary N) is 1. The number of hydrogen-bond donors (Lipinski definition) is 2. The van der Waals surface area contributed by atoms with Crippen molar-refractivity contribution in [3.8, 4) is 0 Å². The molecular weight excluding hydrogens is 270 g/mol. The second kappa shape index (κ2) is 6.13. The Hall–Kier alpha value is -1.17. The van der Waals surface area contributed by atoms with Crippen LogP contribution < -0.4 is 5.32 Å². The van der Waals surface area contributed by atoms with E-state index in [1.165, 1.54) is 11.3 Å². The number of aliphatic hydroxyl groups excluding tert-OH is 1. The van der Waals surface area contributed by atoms with E-state index in [4.69, 9.17) is 11.6 Å². The van der Waals surface area contributed by atoms with Crippen molar-refractivity contribution >= 4 is 33.8 Å². The molecule has 96 valence electrons. The van der Waals surface area contributed by atoms with Gasteiger partial charge in [0.1, 0.15) is 11.1 Å². The van der Waals surface area contributed by atoms with Crippen LogP contribution in [0.3, 0.4) is 0 Å². The molecule has 0 saturated carbocycles. The Morgan fingerprint density at radius 1 is 1.44 bits per heavy atom. The molecule has 18 heavy (non-hydrogen) atoms. The average molecular weight is 284 g/mol. The third-order valence-electron chi connectivity index (χ3n) is 2.36. The van der Waals surface area contributed by atoms with Gasteiger partial charge in [-0.3, -0.25) is 0 Å². The second-order valence-electron chi connectivity index (χ2n) is 3.89. The normalized spacial score (nSPS) is 12.4. The summed E-state index contributed by atoms with van der Waals surface area (Å²) in [6, 6.07) is 7.38. The highest BCUT2D eigenvalue weighted by molar-refractivity contribution is 7.15. The third kappa shape index (κ3) is 3.41. The summed E-state index contributed by atoms with van der Waals surface area (Å²) in [4.78, 5) is 0. The molecule has 0 fully saturated rings. The van der Waals surface area contributed by atoms with Crippen molar-refractivity contribution in [2.24, 2.45) is 0 Å². The quantitative estimate of drug-likeness (QED) is 0.877. The fourth-order valence-corrected chi connectivity index (χ4v) is 2.48. The Morgan fingerprint density at radius 2 is 2.28 bits per heavy atom. The monoisotopic (exact) mass is 283 g/mol. The fourth-order valence-electron chi connectivity index (χ4n) is 1.51. The number of benzene rings is 1. The van der Waals surface area contributed by atoms with E-state index in [1.807, 2.05) is 31.2 Å². The highest BCUT2D eigenvalue weighted by Crippen LogP contribution is 2.27. The first-order valence-electron chi connectivity index (χ1n) is 5.73. The largest absolute Gasteiger partial charge is 0.386 e. The molecule has 0 saturated heterocycles. The maximum absolute atomic E-state index is 9.80. The summed E-state index contributed by atoms with van der Waals surface area (Å²) in [6.45, 7) is 2.02. The zero-order chi connectivity index (χ0) is 13.0. The average Bonchev–Trinajstić information content (AvgIpc) is 2.78. The highest BCUT2D eigenvalue weighted by Gasteiger charge is 2.12. The molecule has 0 amide bonds. The van der Waals surface area contributed by atoms with Crippen molar-refractivity contribution in [2.45, 2.75) is 25.9 Å². The van der Waals surface area contributed by atoms with Crippen molar-refractivity contribution in [1.29, 1.82) is 0 Å². The Bertz CT molecular complexity index is 518. The van der Waals surface area contributed by atoms with Gasteiger partial charge in [0, 0.05) is 10.7 Å². The van der Waals surface area contributed by atoms with Crippen molar-refractivity contribution < 1.29 is 5.11 Å². The molecule has 0 radical (unpaired) electrons. The number of rotatable bonds is 5. The van der Waals surface area contributed by atoms with Crippen LogP contribution in [0.25, 0.3) is 0 Å². The number of hydrogen-bond acceptors (Lipinski definition) is 5. The molecule has 1 atom stereocenters. The van der Waals surface area contributed by atoms with Gasteiger partial charge in [-0.2, -0.15) is 0 Å². The maximum atomic E-state index is 9.80. The smallest absolute Gasteiger partial charge is 0.210 e. The van der Waals surface area contributed by atoms with Gasteiger partial charge in [0.2, 0.25) is 5.13 Å². The van der Waals surface area contributed by atoms with E-state index in [2.05, 4.69) is 15.5 Å². The van der Waals surface area contributed by atoms with Gasteiger partial charge in [-0.25, -0.2) is 0 Å². The molecule has 1 aromatic heterocycles. The van der Waals surface area contributed by atoms with Gasteiger partial charge in [-0.1, -0.05) is 42.3 Å². The topological polar surface area (TPSA) is 58.0 Å². The Morgan fingerprint density at radius 3 is 3.00 bits per heavy atom. The highest BCUT2D eigenvalue weighted by atomic mass is 35.5. The summed E-state index contributed by atoms with van der Waals surface area (Å²) in [5.41, 5.74) is 0.857. The van der Waals surface area contributed by atoms with E-state index in [0.717, 1.165) is 12.1 Å². The molecule has 0 aliphatic heterocycles. The summed E-state index contributed by atoms with van der Waals surface area (Å²) in [5, 5.41) is 22.8. The lowest BCUT2D eigenvalue weighted by Crippen LogP contribution is -1.95. The number of aromatic nitrogens is 2. The minimum atomic E-state index is -0.526. The molecule has 6 heteroatoms. The molecule has 2 rings (SSSR count). The van der Waals surface area contributed by atoms with E-state index in [-0.39, 0.29) is 0 Å². The van der Waals surface area contributed by atoms with Gasteiger partial charge in [0.15, 0.2) is 0 Å². The van der Waals surface area contributed by atoms with Crippen molar-refractivity contribution in [3.05, 3.63) is 34.3 Å². The lowest BCUT2D eigenvalue weighted by atomic mass is 10.2. The minimum Gasteiger partial charge on any atom is -0.386 e. The van der Waals surface area contributed by atoms with E-state index >= 15 is 0 Å². The summed E-state index contributed by atoms with van der Waals surface area (Å²) in [7, 11) is 0. The third-order valence-corrected chi connectivity index (χ3v) is 3.54. The Balaban J connectivity index is 2.06. The number of halogens is 1. The number of nitrogens with zero attached hydrogens (tertiary/aromatic N) is 2. The van der Waals surface area contributed by atoms with E-state index in [9.17, 15) is 5.11 Å². The van der Waals surface area contributed by atoms with Crippen LogP contribution in [-0.2, 0) is 0 Å². The molecule has 2 N–H and O–H groups in total. The zero-order valence-electron chi connectivity index (χ0n) is 9.93. The second-order valence-corrected chi connectivity index (χ2v) is 5.33. The molecule has 1 aromatic carbocycles. The van der Waals surface area contributed by atoms with Gasteiger partial charge in [-0.05, 0) is 24.6 Å². The summed E-state index contributed by atoms with van der Waals surface area (Å²) < 4.78 is 0. The van der Waals surface area contributed by atoms with Gasteiger partial charge in [-0.15, -0.1) is 10.2 Å². The summed E-state index contributed by atoms with van der Waals surface area (Å²) in [6.07, 6.45) is 1.09. The van der Waals surface area contributed by atoms with Crippen LogP contribution in [-0.4, -0.2) is 15.3 Å². The first kappa shape index (κ1) is 13.3. The van der Waals surface area contributed by atoms with Gasteiger partial charge in [0.25, 0.3) is 0 Å². The molecule has 0 bridgehead atoms. The number of aliphatic hydroxyl groups is 1. The predicted octanol–water partition coefficient (Wildman–Crippen LogP) is 3.77. The van der Waals surface area contributed by atoms with Crippen LogP contribution in [0.2, 0.25) is 5.02 Å². The van der Waals surface area contributed by atoms with Gasteiger partial charge in [0.05, 0.1) is 0 Å². The number of anilines is 2. The maximum Gasteiger partial charge on any atom is 0.210 e. The van der Waals surface area contributed by atoms with E-state index in [1.54, 1.807) is 0 Å². The van der Waals surface area contributed by atoms with Gasteiger partial charge < -0.3 is 10.4 Å². The minimum absolute atomic E-state index is 0.526. The van der Waals surface area contributed by atoms with Gasteiger partial charge >= 0.3 is 0 Å². The summed E-state index contributed by atoms with van der Waals surface area (Å²) in [5.74, 6) is 0. The summed E-state index contributed by atoms with van der Waals surface area (Å²) >= 11 is 7.25. The van der Waals surface area contributed by atoms with Crippen LogP contribution in [0, 0.1) is 0 Å². The van der Waals surface area contributed by atoms with Crippen molar-refractivity contribution in [3.63, 3.8) is 0 Å². The molecule has 1 heterocycles. The lowest BCUT2D eigenvalue weighted by molar-refractivity contribution is 0.165. The van der Waals surface area contributed by atoms with Crippen molar-refractivity contribution in [2.75, 3.05) is 5.32 Å². The molecule has 1 unspecified atom stereocenters. The Labute approximate surface area is 115 Å². The van der Waals surface area contributed by atoms with Crippen LogP contribution in [0.15, 0.2) is 24.3 Å². The van der Waals surface area contributed by atoms with Crippen LogP contribution >= 0.6 is 22.9 Å². The fraction of sp³-hybridized carbons (Fsp3) is 0.333. The Kier molecular flexibility index (Phi) is 4.52. The predicted molar refractivity (Wildman–Crippen MR) is 74.5 cm³/mol. The molecule has 0 aliphatic rings.